The van der Waals surface area contributed by atoms with E-state index in [1.807, 2.05) is 31.2 Å². The number of esters is 1. The molecule has 13 heteroatoms. The lowest BCUT2D eigenvalue weighted by Crippen LogP contribution is -2.44. The van der Waals surface area contributed by atoms with Gasteiger partial charge in [0, 0.05) is 42.2 Å². The molecule has 0 unspecified atom stereocenters. The van der Waals surface area contributed by atoms with Gasteiger partial charge in [-0.1, -0.05) is 38.1 Å². The quantitative estimate of drug-likeness (QED) is 0.0494. The Morgan fingerprint density at radius 2 is 1.88 bits per heavy atom. The third-order valence-electron chi connectivity index (χ3n) is 8.76. The highest BCUT2D eigenvalue weighted by molar-refractivity contribution is 5.91. The molecule has 5 N–H and O–H groups in total. The zero-order valence-electron chi connectivity index (χ0n) is 26.5. The summed E-state index contributed by atoms with van der Waals surface area (Å²) in [7, 11) is 0. The van der Waals surface area contributed by atoms with Crippen molar-refractivity contribution in [2.24, 2.45) is 0 Å². The van der Waals surface area contributed by atoms with Crippen LogP contribution in [0.4, 0.5) is 4.79 Å². The number of hydrogen-bond acceptors (Lipinski definition) is 10. The highest BCUT2D eigenvalue weighted by Gasteiger charge is 2.45. The Hall–Kier alpha value is -5.37. The van der Waals surface area contributed by atoms with E-state index in [1.54, 1.807) is 47.3 Å². The van der Waals surface area contributed by atoms with Gasteiger partial charge in [0.1, 0.15) is 12.4 Å². The number of ether oxygens (including phenoxy) is 2. The number of pyridine rings is 2. The SMILES string of the molecule is CCc1c2c(nc3ccc(OC(=O)NCCNCc4ccc(/C=C/C(=O)NO)cc4)cc13)-c1cc3c(c(=O)n1C2)COC(=O)[C@]3(O)CC. The molecule has 0 saturated carbocycles. The molecule has 4 heterocycles. The van der Waals surface area contributed by atoms with Gasteiger partial charge >= 0.3 is 12.1 Å². The van der Waals surface area contributed by atoms with Crippen molar-refractivity contribution in [2.75, 3.05) is 13.1 Å². The van der Waals surface area contributed by atoms with E-state index in [0.29, 0.717) is 48.7 Å². The topological polar surface area (TPSA) is 181 Å². The summed E-state index contributed by atoms with van der Waals surface area (Å²) < 4.78 is 12.4. The maximum absolute atomic E-state index is 13.6. The lowest BCUT2D eigenvalue weighted by atomic mass is 9.86. The first-order valence-electron chi connectivity index (χ1n) is 15.7. The fraction of sp³-hybridized carbons (Fsp3) is 0.286. The molecule has 2 aliphatic heterocycles. The Morgan fingerprint density at radius 3 is 2.60 bits per heavy atom. The molecule has 248 valence electrons. The van der Waals surface area contributed by atoms with Gasteiger partial charge in [-0.3, -0.25) is 14.8 Å². The van der Waals surface area contributed by atoms with Gasteiger partial charge in [-0.2, -0.15) is 0 Å². The predicted molar refractivity (Wildman–Crippen MR) is 175 cm³/mol. The number of aromatic nitrogens is 2. The smallest absolute Gasteiger partial charge is 0.412 e. The highest BCUT2D eigenvalue weighted by Crippen LogP contribution is 2.40. The van der Waals surface area contributed by atoms with Gasteiger partial charge in [0.2, 0.25) is 0 Å². The second kappa shape index (κ2) is 13.4. The minimum atomic E-state index is -1.90. The van der Waals surface area contributed by atoms with E-state index in [-0.39, 0.29) is 36.3 Å². The molecule has 4 aromatic rings. The Balaban J connectivity index is 1.11. The zero-order valence-corrected chi connectivity index (χ0v) is 26.5. The van der Waals surface area contributed by atoms with Gasteiger partial charge in [0.25, 0.3) is 11.5 Å². The summed E-state index contributed by atoms with van der Waals surface area (Å²) in [6.07, 6.45) is 2.91. The normalized spacial score (nSPS) is 16.3. The number of carbonyl (C=O) groups is 3. The maximum Gasteiger partial charge on any atom is 0.412 e. The molecule has 2 aromatic carbocycles. The number of amides is 2. The maximum atomic E-state index is 13.6. The van der Waals surface area contributed by atoms with E-state index in [2.05, 4.69) is 10.6 Å². The molecule has 0 spiro atoms. The molecule has 48 heavy (non-hydrogen) atoms. The lowest BCUT2D eigenvalue weighted by molar-refractivity contribution is -0.172. The highest BCUT2D eigenvalue weighted by atomic mass is 16.6. The molecule has 2 aliphatic rings. The van der Waals surface area contributed by atoms with Crippen LogP contribution in [0.3, 0.4) is 0 Å². The number of fused-ring (bicyclic) bond motifs is 5. The van der Waals surface area contributed by atoms with Crippen LogP contribution in [0, 0.1) is 0 Å². The first-order chi connectivity index (χ1) is 23.2. The molecule has 1 atom stereocenters. The third kappa shape index (κ3) is 6.06. The largest absolute Gasteiger partial charge is 0.458 e. The minimum Gasteiger partial charge on any atom is -0.458 e. The second-order valence-corrected chi connectivity index (χ2v) is 11.6. The molecule has 2 amide bonds. The number of hydrogen-bond donors (Lipinski definition) is 5. The molecule has 0 radical (unpaired) electrons. The lowest BCUT2D eigenvalue weighted by Gasteiger charge is -2.31. The number of nitrogens with zero attached hydrogens (tertiary/aromatic N) is 2. The Kier molecular flexibility index (Phi) is 9.09. The van der Waals surface area contributed by atoms with Crippen LogP contribution in [0.25, 0.3) is 28.4 Å². The van der Waals surface area contributed by atoms with Crippen LogP contribution in [0.1, 0.15) is 53.6 Å². The first kappa shape index (κ1) is 32.6. The molecule has 2 aromatic heterocycles. The number of aryl methyl sites for hydroxylation is 1. The monoisotopic (exact) mass is 653 g/mol. The van der Waals surface area contributed by atoms with Gasteiger partial charge in [-0.25, -0.2) is 20.1 Å². The average molecular weight is 654 g/mol. The van der Waals surface area contributed by atoms with E-state index < -0.39 is 23.6 Å². The summed E-state index contributed by atoms with van der Waals surface area (Å²) in [5, 5.41) is 26.5. The van der Waals surface area contributed by atoms with Gasteiger partial charge in [0.05, 0.1) is 29.0 Å². The summed E-state index contributed by atoms with van der Waals surface area (Å²) >= 11 is 0. The van der Waals surface area contributed by atoms with E-state index >= 15 is 0 Å². The molecule has 0 bridgehead atoms. The average Bonchev–Trinajstić information content (AvgIpc) is 3.46. The molecule has 0 aliphatic carbocycles. The van der Waals surface area contributed by atoms with E-state index in [4.69, 9.17) is 19.7 Å². The first-order valence-corrected chi connectivity index (χ1v) is 15.7. The van der Waals surface area contributed by atoms with E-state index in [1.165, 1.54) is 6.08 Å². The number of cyclic esters (lactones) is 1. The molecule has 0 saturated heterocycles. The van der Waals surface area contributed by atoms with Crippen molar-refractivity contribution in [3.63, 3.8) is 0 Å². The van der Waals surface area contributed by atoms with Crippen LogP contribution >= 0.6 is 0 Å². The van der Waals surface area contributed by atoms with Crippen LogP contribution in [0.5, 0.6) is 5.75 Å². The zero-order chi connectivity index (χ0) is 34.0. The van der Waals surface area contributed by atoms with Gasteiger partial charge < -0.3 is 29.8 Å². The summed E-state index contributed by atoms with van der Waals surface area (Å²) in [6, 6.07) is 14.4. The van der Waals surface area contributed by atoms with Crippen molar-refractivity contribution in [1.82, 2.24) is 25.7 Å². The number of nitrogens with one attached hydrogen (secondary N) is 3. The second-order valence-electron chi connectivity index (χ2n) is 11.6. The standard InChI is InChI=1S/C35H35N5O8/c1-3-23-24-15-22(48-34(44)37-14-13-36-17-21-7-5-20(6-8-21)9-12-30(41)39-46)10-11-28(24)38-31-25(23)18-40-29(31)16-27-26(32(40)42)19-47-33(43)35(27,45)4-2/h5-12,15-16,36,45-46H,3-4,13-14,17-19H2,1-2H3,(H,37,44)(H,39,41)/b12-9+/t35-/m0/s1. The molecular weight excluding hydrogens is 618 g/mol. The molecule has 6 rings (SSSR count). The fourth-order valence-corrected chi connectivity index (χ4v) is 6.19. The fourth-order valence-electron chi connectivity index (χ4n) is 6.19. The molecule has 0 fully saturated rings. The summed E-state index contributed by atoms with van der Waals surface area (Å²) in [4.78, 5) is 54.6. The number of rotatable bonds is 10. The van der Waals surface area contributed by atoms with Crippen molar-refractivity contribution >= 4 is 34.9 Å². The predicted octanol–water partition coefficient (Wildman–Crippen LogP) is 3.04. The number of carbonyl (C=O) groups excluding carboxylic acids is 3. The van der Waals surface area contributed by atoms with Crippen LogP contribution in [-0.2, 0) is 46.0 Å². The van der Waals surface area contributed by atoms with Crippen molar-refractivity contribution < 1.29 is 34.2 Å². The van der Waals surface area contributed by atoms with Gasteiger partial charge in [-0.15, -0.1) is 0 Å². The number of aliphatic hydroxyl groups is 1. The number of benzene rings is 2. The summed E-state index contributed by atoms with van der Waals surface area (Å²) in [5.41, 5.74) is 5.34. The Morgan fingerprint density at radius 1 is 1.08 bits per heavy atom. The van der Waals surface area contributed by atoms with E-state index in [9.17, 15) is 24.3 Å². The van der Waals surface area contributed by atoms with E-state index in [0.717, 1.165) is 27.6 Å². The Bertz CT molecular complexity index is 2020. The van der Waals surface area contributed by atoms with Crippen LogP contribution < -0.4 is 26.4 Å². The van der Waals surface area contributed by atoms with Gasteiger partial charge in [-0.05, 0) is 59.9 Å². The molecular formula is C35H35N5O8. The summed E-state index contributed by atoms with van der Waals surface area (Å²) in [6.45, 7) is 5.17. The van der Waals surface area contributed by atoms with Gasteiger partial charge in [0.15, 0.2) is 5.60 Å². The van der Waals surface area contributed by atoms with Crippen molar-refractivity contribution in [2.45, 2.75) is 52.0 Å². The van der Waals surface area contributed by atoms with Crippen molar-refractivity contribution in [3.05, 3.63) is 98.3 Å². The Labute approximate surface area is 275 Å². The number of hydroxylamine groups is 1. The van der Waals surface area contributed by atoms with Crippen molar-refractivity contribution in [1.29, 1.82) is 0 Å². The third-order valence-corrected chi connectivity index (χ3v) is 8.76. The molecule has 13 nitrogen and oxygen atoms in total. The van der Waals surface area contributed by atoms with Crippen molar-refractivity contribution in [3.8, 4) is 17.1 Å². The van der Waals surface area contributed by atoms with Crippen LogP contribution in [0.15, 0.2) is 59.4 Å². The summed E-state index contributed by atoms with van der Waals surface area (Å²) in [5.74, 6) is -1.02. The minimum absolute atomic E-state index is 0.0666. The van der Waals surface area contributed by atoms with Crippen LogP contribution in [0.2, 0.25) is 0 Å². The van der Waals surface area contributed by atoms with Crippen LogP contribution in [-0.4, -0.2) is 50.9 Å².